The maximum atomic E-state index is 11.7. The molecule has 0 bridgehead atoms. The smallest absolute Gasteiger partial charge is 0.279 e. The van der Waals surface area contributed by atoms with Crippen LogP contribution in [0.1, 0.15) is 32.6 Å². The average Bonchev–Trinajstić information content (AvgIpc) is 2.43. The summed E-state index contributed by atoms with van der Waals surface area (Å²) in [6.07, 6.45) is 3.41. The summed E-state index contributed by atoms with van der Waals surface area (Å²) in [4.78, 5) is 0. The molecule has 2 N–H and O–H groups in total. The summed E-state index contributed by atoms with van der Waals surface area (Å²) in [5, 5.41) is 9.02. The van der Waals surface area contributed by atoms with Crippen LogP contribution in [0.2, 0.25) is 0 Å². The summed E-state index contributed by atoms with van der Waals surface area (Å²) in [5.41, 5.74) is 0. The van der Waals surface area contributed by atoms with Gasteiger partial charge in [-0.15, -0.1) is 0 Å². The van der Waals surface area contributed by atoms with Gasteiger partial charge in [0.1, 0.15) is 0 Å². The molecule has 0 saturated carbocycles. The molecule has 1 atom stereocenters. The minimum absolute atomic E-state index is 0.0822. The van der Waals surface area contributed by atoms with E-state index in [1.165, 1.54) is 4.31 Å². The summed E-state index contributed by atoms with van der Waals surface area (Å²) in [6.45, 7) is 2.83. The second kappa shape index (κ2) is 5.79. The molecule has 0 spiro atoms. The molecule has 1 aliphatic heterocycles. The van der Waals surface area contributed by atoms with Gasteiger partial charge in [-0.05, 0) is 19.8 Å². The zero-order chi connectivity index (χ0) is 11.3. The van der Waals surface area contributed by atoms with Crippen molar-refractivity contribution in [2.75, 3.05) is 19.6 Å². The van der Waals surface area contributed by atoms with E-state index in [1.807, 2.05) is 0 Å². The highest BCUT2D eigenvalue weighted by Crippen LogP contribution is 2.12. The second-order valence-electron chi connectivity index (χ2n) is 4.02. The highest BCUT2D eigenvalue weighted by Gasteiger charge is 2.22. The van der Waals surface area contributed by atoms with Crippen molar-refractivity contribution in [3.63, 3.8) is 0 Å². The van der Waals surface area contributed by atoms with Gasteiger partial charge >= 0.3 is 0 Å². The van der Waals surface area contributed by atoms with Crippen molar-refractivity contribution in [1.29, 1.82) is 0 Å². The molecule has 6 heteroatoms. The normalized spacial score (nSPS) is 22.3. The Morgan fingerprint density at radius 2 is 1.80 bits per heavy atom. The van der Waals surface area contributed by atoms with E-state index in [0.717, 1.165) is 25.7 Å². The van der Waals surface area contributed by atoms with Crippen LogP contribution in [-0.4, -0.2) is 43.6 Å². The van der Waals surface area contributed by atoms with Crippen LogP contribution in [0.5, 0.6) is 0 Å². The molecule has 1 aliphatic rings. The zero-order valence-electron chi connectivity index (χ0n) is 9.15. The lowest BCUT2D eigenvalue weighted by atomic mass is 10.2. The summed E-state index contributed by atoms with van der Waals surface area (Å²) >= 11 is 0. The van der Waals surface area contributed by atoms with E-state index < -0.39 is 16.3 Å². The van der Waals surface area contributed by atoms with Gasteiger partial charge in [-0.3, -0.25) is 0 Å². The highest BCUT2D eigenvalue weighted by atomic mass is 32.2. The molecule has 0 radical (unpaired) electrons. The lowest BCUT2D eigenvalue weighted by Crippen LogP contribution is -2.43. The van der Waals surface area contributed by atoms with E-state index in [9.17, 15) is 8.42 Å². The van der Waals surface area contributed by atoms with E-state index in [4.69, 9.17) is 5.11 Å². The summed E-state index contributed by atoms with van der Waals surface area (Å²) < 4.78 is 27.4. The van der Waals surface area contributed by atoms with Crippen molar-refractivity contribution >= 4 is 10.2 Å². The van der Waals surface area contributed by atoms with E-state index in [-0.39, 0.29) is 6.54 Å². The lowest BCUT2D eigenvalue weighted by Gasteiger charge is -2.20. The highest BCUT2D eigenvalue weighted by molar-refractivity contribution is 7.87. The van der Waals surface area contributed by atoms with Crippen LogP contribution < -0.4 is 4.72 Å². The van der Waals surface area contributed by atoms with Crippen molar-refractivity contribution < 1.29 is 13.5 Å². The molecule has 5 nitrogen and oxygen atoms in total. The molecule has 0 amide bonds. The van der Waals surface area contributed by atoms with Gasteiger partial charge in [0.05, 0.1) is 6.10 Å². The molecule has 0 aromatic rings. The molecular formula is C9H20N2O3S. The van der Waals surface area contributed by atoms with Gasteiger partial charge < -0.3 is 5.11 Å². The Morgan fingerprint density at radius 1 is 1.27 bits per heavy atom. The molecule has 15 heavy (non-hydrogen) atoms. The van der Waals surface area contributed by atoms with Crippen LogP contribution in [0, 0.1) is 0 Å². The van der Waals surface area contributed by atoms with Gasteiger partial charge in [-0.2, -0.15) is 17.4 Å². The third kappa shape index (κ3) is 4.46. The SMILES string of the molecule is C[C@H](O)CNS(=O)(=O)N1CCCCCC1. The fourth-order valence-electron chi connectivity index (χ4n) is 1.60. The zero-order valence-corrected chi connectivity index (χ0v) is 9.96. The molecule has 90 valence electrons. The van der Waals surface area contributed by atoms with Gasteiger partial charge in [-0.25, -0.2) is 0 Å². The van der Waals surface area contributed by atoms with E-state index in [1.54, 1.807) is 6.92 Å². The monoisotopic (exact) mass is 236 g/mol. The summed E-state index contributed by atoms with van der Waals surface area (Å²) in [7, 11) is -3.38. The number of aliphatic hydroxyl groups is 1. The number of hydrogen-bond acceptors (Lipinski definition) is 3. The third-order valence-corrected chi connectivity index (χ3v) is 4.04. The first-order valence-corrected chi connectivity index (χ1v) is 6.89. The van der Waals surface area contributed by atoms with Gasteiger partial charge in [0.2, 0.25) is 0 Å². The van der Waals surface area contributed by atoms with Crippen LogP contribution in [-0.2, 0) is 10.2 Å². The number of hydrogen-bond donors (Lipinski definition) is 2. The molecular weight excluding hydrogens is 216 g/mol. The lowest BCUT2D eigenvalue weighted by molar-refractivity contribution is 0.197. The first kappa shape index (κ1) is 12.9. The summed E-state index contributed by atoms with van der Waals surface area (Å²) in [6, 6.07) is 0. The number of nitrogens with zero attached hydrogens (tertiary/aromatic N) is 1. The van der Waals surface area contributed by atoms with Crippen LogP contribution in [0.3, 0.4) is 0 Å². The molecule has 0 aliphatic carbocycles. The van der Waals surface area contributed by atoms with Crippen LogP contribution in [0.15, 0.2) is 0 Å². The van der Waals surface area contributed by atoms with Crippen molar-refractivity contribution in [3.05, 3.63) is 0 Å². The van der Waals surface area contributed by atoms with Crippen LogP contribution >= 0.6 is 0 Å². The number of rotatable bonds is 4. The first-order valence-electron chi connectivity index (χ1n) is 5.45. The van der Waals surface area contributed by atoms with Crippen LogP contribution in [0.25, 0.3) is 0 Å². The Bertz CT molecular complexity index is 269. The van der Waals surface area contributed by atoms with Crippen molar-refractivity contribution in [1.82, 2.24) is 9.03 Å². The third-order valence-electron chi connectivity index (χ3n) is 2.47. The summed E-state index contributed by atoms with van der Waals surface area (Å²) in [5.74, 6) is 0. The van der Waals surface area contributed by atoms with Crippen molar-refractivity contribution in [2.45, 2.75) is 38.7 Å². The molecule has 1 heterocycles. The fourth-order valence-corrected chi connectivity index (χ4v) is 2.97. The van der Waals surface area contributed by atoms with Gasteiger partial charge in [0.25, 0.3) is 10.2 Å². The van der Waals surface area contributed by atoms with E-state index in [2.05, 4.69) is 4.72 Å². The molecule has 0 aromatic carbocycles. The van der Waals surface area contributed by atoms with Gasteiger partial charge in [0.15, 0.2) is 0 Å². The van der Waals surface area contributed by atoms with Crippen molar-refractivity contribution in [3.8, 4) is 0 Å². The minimum atomic E-state index is -3.38. The largest absolute Gasteiger partial charge is 0.392 e. The first-order chi connectivity index (χ1) is 7.02. The fraction of sp³-hybridized carbons (Fsp3) is 1.00. The predicted molar refractivity (Wildman–Crippen MR) is 58.6 cm³/mol. The maximum Gasteiger partial charge on any atom is 0.279 e. The maximum absolute atomic E-state index is 11.7. The Hall–Kier alpha value is -0.170. The Kier molecular flexibility index (Phi) is 4.98. The minimum Gasteiger partial charge on any atom is -0.392 e. The molecule has 1 fully saturated rings. The topological polar surface area (TPSA) is 69.6 Å². The molecule has 0 unspecified atom stereocenters. The number of nitrogens with one attached hydrogen (secondary N) is 1. The number of aliphatic hydroxyl groups excluding tert-OH is 1. The standard InChI is InChI=1S/C9H20N2O3S/c1-9(12)8-10-15(13,14)11-6-4-2-3-5-7-11/h9-10,12H,2-8H2,1H3/t9-/m0/s1. The second-order valence-corrected chi connectivity index (χ2v) is 5.77. The van der Waals surface area contributed by atoms with E-state index >= 15 is 0 Å². The van der Waals surface area contributed by atoms with Crippen LogP contribution in [0.4, 0.5) is 0 Å². The van der Waals surface area contributed by atoms with E-state index in [0.29, 0.717) is 13.1 Å². The molecule has 0 aromatic heterocycles. The van der Waals surface area contributed by atoms with Gasteiger partial charge in [-0.1, -0.05) is 12.8 Å². The Morgan fingerprint density at radius 3 is 2.27 bits per heavy atom. The van der Waals surface area contributed by atoms with Crippen molar-refractivity contribution in [2.24, 2.45) is 0 Å². The quantitative estimate of drug-likeness (QED) is 0.726. The average molecular weight is 236 g/mol. The van der Waals surface area contributed by atoms with Gasteiger partial charge in [0, 0.05) is 19.6 Å². The predicted octanol–water partition coefficient (Wildman–Crippen LogP) is 0.0776. The molecule has 1 rings (SSSR count). The Balaban J connectivity index is 2.51. The Labute approximate surface area is 91.7 Å². The molecule has 1 saturated heterocycles.